The maximum absolute atomic E-state index is 12.4. The minimum atomic E-state index is -0.239. The maximum atomic E-state index is 12.4. The van der Waals surface area contributed by atoms with Gasteiger partial charge in [-0.25, -0.2) is 9.97 Å². The van der Waals surface area contributed by atoms with Gasteiger partial charge in [-0.2, -0.15) is 0 Å². The van der Waals surface area contributed by atoms with Crippen molar-refractivity contribution >= 4 is 22.8 Å². The number of aromatic nitrogens is 2. The topological polar surface area (TPSA) is 71.3 Å². The Hall–Kier alpha value is -2.89. The molecule has 1 N–H and O–H groups in total. The average molecular weight is 350 g/mol. The molecule has 4 rings (SSSR count). The summed E-state index contributed by atoms with van der Waals surface area (Å²) in [4.78, 5) is 23.8. The zero-order chi connectivity index (χ0) is 17.9. The Bertz CT molecular complexity index is 895. The number of fused-ring (bicyclic) bond motifs is 1. The van der Waals surface area contributed by atoms with Gasteiger partial charge in [0.25, 0.3) is 5.91 Å². The van der Waals surface area contributed by atoms with E-state index in [-0.39, 0.29) is 5.91 Å². The maximum Gasteiger partial charge on any atom is 0.287 e. The number of carbonyl (C=O) groups is 1. The molecular weight excluding hydrogens is 328 g/mol. The molecule has 0 spiro atoms. The third kappa shape index (κ3) is 3.54. The molecule has 1 saturated heterocycles. The number of hydrogen-bond acceptors (Lipinski definition) is 5. The van der Waals surface area contributed by atoms with Crippen LogP contribution in [-0.4, -0.2) is 29.0 Å². The van der Waals surface area contributed by atoms with Gasteiger partial charge < -0.3 is 14.6 Å². The van der Waals surface area contributed by atoms with Gasteiger partial charge in [0.05, 0.1) is 12.2 Å². The number of rotatable bonds is 4. The summed E-state index contributed by atoms with van der Waals surface area (Å²) in [5.41, 5.74) is 2.43. The molecule has 0 atom stereocenters. The van der Waals surface area contributed by atoms with Crippen molar-refractivity contribution in [2.24, 2.45) is 0 Å². The molecule has 0 saturated carbocycles. The minimum absolute atomic E-state index is 0.239. The quantitative estimate of drug-likeness (QED) is 0.780. The second kappa shape index (κ2) is 7.15. The summed E-state index contributed by atoms with van der Waals surface area (Å²) in [6.07, 6.45) is 3.62. The highest BCUT2D eigenvalue weighted by Gasteiger charge is 2.16. The van der Waals surface area contributed by atoms with Crippen molar-refractivity contribution in [2.75, 3.05) is 18.0 Å². The lowest BCUT2D eigenvalue weighted by Gasteiger charge is -2.27. The highest BCUT2D eigenvalue weighted by atomic mass is 16.3. The lowest BCUT2D eigenvalue weighted by Crippen LogP contribution is -2.31. The molecule has 1 aromatic carbocycles. The fraction of sp³-hybridized carbons (Fsp3) is 0.350. The number of carbonyl (C=O) groups excluding carboxylic acids is 1. The molecule has 1 aliphatic rings. The average Bonchev–Trinajstić information content (AvgIpc) is 3.11. The Labute approximate surface area is 152 Å². The van der Waals surface area contributed by atoms with Crippen molar-refractivity contribution in [1.82, 2.24) is 15.3 Å². The van der Waals surface area contributed by atoms with Crippen molar-refractivity contribution in [3.8, 4) is 0 Å². The molecule has 0 aliphatic carbocycles. The van der Waals surface area contributed by atoms with E-state index in [1.807, 2.05) is 37.3 Å². The molecule has 2 aromatic heterocycles. The van der Waals surface area contributed by atoms with Gasteiger partial charge in [-0.15, -0.1) is 0 Å². The Morgan fingerprint density at radius 3 is 2.77 bits per heavy atom. The van der Waals surface area contributed by atoms with E-state index >= 15 is 0 Å². The van der Waals surface area contributed by atoms with E-state index in [9.17, 15) is 4.79 Å². The van der Waals surface area contributed by atoms with Crippen LogP contribution in [0.1, 0.15) is 41.2 Å². The van der Waals surface area contributed by atoms with Crippen LogP contribution in [0.15, 0.2) is 40.8 Å². The van der Waals surface area contributed by atoms with Crippen LogP contribution in [0.2, 0.25) is 0 Å². The van der Waals surface area contributed by atoms with Crippen molar-refractivity contribution in [3.63, 3.8) is 0 Å². The summed E-state index contributed by atoms with van der Waals surface area (Å²) in [5.74, 6) is 0.836. The van der Waals surface area contributed by atoms with Crippen LogP contribution in [0, 0.1) is 6.92 Å². The normalized spacial score (nSPS) is 14.6. The number of nitrogens with one attached hydrogen (secondary N) is 1. The summed E-state index contributed by atoms with van der Waals surface area (Å²) >= 11 is 0. The molecule has 1 fully saturated rings. The van der Waals surface area contributed by atoms with Crippen LogP contribution >= 0.6 is 0 Å². The minimum Gasteiger partial charge on any atom is -0.451 e. The smallest absolute Gasteiger partial charge is 0.287 e. The molecule has 0 bridgehead atoms. The number of amides is 1. The summed E-state index contributed by atoms with van der Waals surface area (Å²) in [6.45, 7) is 4.29. The molecule has 0 radical (unpaired) electrons. The van der Waals surface area contributed by atoms with Gasteiger partial charge >= 0.3 is 0 Å². The van der Waals surface area contributed by atoms with Crippen molar-refractivity contribution in [1.29, 1.82) is 0 Å². The van der Waals surface area contributed by atoms with E-state index in [1.165, 1.54) is 19.3 Å². The predicted molar refractivity (Wildman–Crippen MR) is 100 cm³/mol. The molecule has 3 aromatic rings. The van der Waals surface area contributed by atoms with Gasteiger partial charge in [0.15, 0.2) is 5.76 Å². The zero-order valence-corrected chi connectivity index (χ0v) is 14.9. The lowest BCUT2D eigenvalue weighted by atomic mass is 10.1. The van der Waals surface area contributed by atoms with E-state index in [2.05, 4.69) is 20.2 Å². The molecule has 1 aliphatic heterocycles. The molecular formula is C20H22N4O2. The Morgan fingerprint density at radius 1 is 1.15 bits per heavy atom. The summed E-state index contributed by atoms with van der Waals surface area (Å²) in [7, 11) is 0. The fourth-order valence-corrected chi connectivity index (χ4v) is 3.29. The van der Waals surface area contributed by atoms with Gasteiger partial charge in [-0.3, -0.25) is 4.79 Å². The molecule has 1 amide bonds. The summed E-state index contributed by atoms with van der Waals surface area (Å²) < 4.78 is 5.61. The van der Waals surface area contributed by atoms with Gasteiger partial charge in [0, 0.05) is 24.2 Å². The number of piperidine rings is 1. The molecule has 26 heavy (non-hydrogen) atoms. The number of para-hydroxylation sites is 1. The van der Waals surface area contributed by atoms with E-state index in [4.69, 9.17) is 4.42 Å². The third-order valence-corrected chi connectivity index (χ3v) is 4.61. The predicted octanol–water partition coefficient (Wildman–Crippen LogP) is 3.45. The zero-order valence-electron chi connectivity index (χ0n) is 14.9. The first-order valence-corrected chi connectivity index (χ1v) is 9.05. The Morgan fingerprint density at radius 2 is 1.96 bits per heavy atom. The highest BCUT2D eigenvalue weighted by Crippen LogP contribution is 2.19. The summed E-state index contributed by atoms with van der Waals surface area (Å²) in [6, 6.07) is 11.3. The molecule has 6 nitrogen and oxygen atoms in total. The third-order valence-electron chi connectivity index (χ3n) is 4.61. The van der Waals surface area contributed by atoms with Crippen LogP contribution < -0.4 is 10.2 Å². The second-order valence-electron chi connectivity index (χ2n) is 6.68. The van der Waals surface area contributed by atoms with Gasteiger partial charge in [0.2, 0.25) is 5.95 Å². The number of anilines is 1. The number of hydrogen-bond donors (Lipinski definition) is 1. The van der Waals surface area contributed by atoms with Crippen LogP contribution in [0.25, 0.3) is 11.0 Å². The fourth-order valence-electron chi connectivity index (χ4n) is 3.29. The second-order valence-corrected chi connectivity index (χ2v) is 6.68. The van der Waals surface area contributed by atoms with Crippen molar-refractivity contribution < 1.29 is 9.21 Å². The largest absolute Gasteiger partial charge is 0.451 e. The summed E-state index contributed by atoms with van der Waals surface area (Å²) in [5, 5.41) is 3.81. The first-order valence-electron chi connectivity index (χ1n) is 9.05. The van der Waals surface area contributed by atoms with Crippen molar-refractivity contribution in [3.05, 3.63) is 53.5 Å². The monoisotopic (exact) mass is 350 g/mol. The first kappa shape index (κ1) is 16.6. The molecule has 6 heteroatoms. The first-order chi connectivity index (χ1) is 12.7. The van der Waals surface area contributed by atoms with E-state index in [0.717, 1.165) is 35.8 Å². The van der Waals surface area contributed by atoms with Crippen LogP contribution in [0.3, 0.4) is 0 Å². The van der Waals surface area contributed by atoms with Gasteiger partial charge in [-0.1, -0.05) is 18.2 Å². The number of benzene rings is 1. The highest BCUT2D eigenvalue weighted by molar-refractivity contribution is 5.95. The van der Waals surface area contributed by atoms with E-state index in [1.54, 1.807) is 6.07 Å². The number of furan rings is 1. The number of aryl methyl sites for hydroxylation is 1. The Kier molecular flexibility index (Phi) is 4.56. The van der Waals surface area contributed by atoms with Crippen LogP contribution in [-0.2, 0) is 6.54 Å². The molecule has 134 valence electrons. The SMILES string of the molecule is Cc1cc(CNC(=O)c2cc3ccccc3o2)nc(N2CCCCC2)n1. The Balaban J connectivity index is 1.46. The number of nitrogens with zero attached hydrogens (tertiary/aromatic N) is 3. The van der Waals surface area contributed by atoms with E-state index < -0.39 is 0 Å². The van der Waals surface area contributed by atoms with Gasteiger partial charge in [0.1, 0.15) is 5.58 Å². The van der Waals surface area contributed by atoms with Crippen LogP contribution in [0.5, 0.6) is 0 Å². The molecule has 3 heterocycles. The lowest BCUT2D eigenvalue weighted by molar-refractivity contribution is 0.0925. The van der Waals surface area contributed by atoms with Crippen molar-refractivity contribution in [2.45, 2.75) is 32.7 Å². The van der Waals surface area contributed by atoms with Gasteiger partial charge in [-0.05, 0) is 44.4 Å². The van der Waals surface area contributed by atoms with Crippen LogP contribution in [0.4, 0.5) is 5.95 Å². The van der Waals surface area contributed by atoms with E-state index in [0.29, 0.717) is 17.9 Å². The standard InChI is InChI=1S/C20H22N4O2/c1-14-11-16(23-20(22-14)24-9-5-2-6-10-24)13-21-19(25)18-12-15-7-3-4-8-17(15)26-18/h3-4,7-8,11-12H,2,5-6,9-10,13H2,1H3,(H,21,25). The molecule has 0 unspecified atom stereocenters.